The molecule has 0 amide bonds. The zero-order valence-corrected chi connectivity index (χ0v) is 10.3. The van der Waals surface area contributed by atoms with Crippen molar-refractivity contribution < 1.29 is 0 Å². The molecule has 0 aromatic rings. The molecule has 3 rings (SSSR count). The Kier molecular flexibility index (Phi) is 2.91. The third kappa shape index (κ3) is 1.73. The lowest BCUT2D eigenvalue weighted by Crippen LogP contribution is -2.41. The van der Waals surface area contributed by atoms with Crippen molar-refractivity contribution in [3.05, 3.63) is 0 Å². The highest BCUT2D eigenvalue weighted by Gasteiger charge is 2.43. The zero-order valence-electron chi connectivity index (χ0n) is 10.3. The summed E-state index contributed by atoms with van der Waals surface area (Å²) >= 11 is 0. The van der Waals surface area contributed by atoms with Crippen LogP contribution in [0, 0.1) is 35.5 Å². The summed E-state index contributed by atoms with van der Waals surface area (Å²) in [6.45, 7) is 9.71. The van der Waals surface area contributed by atoms with E-state index in [-0.39, 0.29) is 0 Å². The Hall–Kier alpha value is 0. The second kappa shape index (κ2) is 3.87. The van der Waals surface area contributed by atoms with Crippen LogP contribution >= 0.6 is 0 Å². The van der Waals surface area contributed by atoms with Crippen molar-refractivity contribution >= 4 is 0 Å². The number of hydrogen-bond donors (Lipinski definition) is 0. The highest BCUT2D eigenvalue weighted by Crippen LogP contribution is 2.52. The van der Waals surface area contributed by atoms with Gasteiger partial charge in [-0.25, -0.2) is 0 Å². The zero-order chi connectivity index (χ0) is 10.3. The quantitative estimate of drug-likeness (QED) is 0.613. The van der Waals surface area contributed by atoms with E-state index in [2.05, 4.69) is 27.7 Å². The Labute approximate surface area is 89.5 Å². The molecule has 0 aromatic heterocycles. The van der Waals surface area contributed by atoms with Gasteiger partial charge in [-0.2, -0.15) is 0 Å². The summed E-state index contributed by atoms with van der Waals surface area (Å²) in [4.78, 5) is 0. The summed E-state index contributed by atoms with van der Waals surface area (Å²) in [5, 5.41) is 0. The molecule has 0 saturated heterocycles. The normalized spacial score (nSPS) is 42.4. The standard InChI is InChI=1S/C14H26/c1-9(2)13-7-12-6-5-11(13)8-14(12)10(3)4/h9-14H,5-8H2,1-4H3/t11?,12?,13-,14-/m1/s1. The van der Waals surface area contributed by atoms with Crippen molar-refractivity contribution in [3.8, 4) is 0 Å². The molecule has 14 heavy (non-hydrogen) atoms. The van der Waals surface area contributed by atoms with Crippen LogP contribution in [0.25, 0.3) is 0 Å². The second-order valence-electron chi connectivity index (χ2n) is 6.38. The predicted octanol–water partition coefficient (Wildman–Crippen LogP) is 4.35. The van der Waals surface area contributed by atoms with Gasteiger partial charge in [0, 0.05) is 0 Å². The van der Waals surface area contributed by atoms with E-state index in [9.17, 15) is 0 Å². The van der Waals surface area contributed by atoms with Gasteiger partial charge in [0.1, 0.15) is 0 Å². The molecular formula is C14H26. The second-order valence-corrected chi connectivity index (χ2v) is 6.38. The molecule has 2 bridgehead atoms. The van der Waals surface area contributed by atoms with E-state index in [1.54, 1.807) is 12.8 Å². The molecule has 0 spiro atoms. The molecule has 3 saturated carbocycles. The maximum absolute atomic E-state index is 2.43. The van der Waals surface area contributed by atoms with Gasteiger partial charge >= 0.3 is 0 Å². The van der Waals surface area contributed by atoms with Crippen LogP contribution in [-0.4, -0.2) is 0 Å². The van der Waals surface area contributed by atoms with Gasteiger partial charge < -0.3 is 0 Å². The van der Waals surface area contributed by atoms with Gasteiger partial charge in [0.25, 0.3) is 0 Å². The third-order valence-corrected chi connectivity index (χ3v) is 4.98. The highest BCUT2D eigenvalue weighted by molar-refractivity contribution is 4.93. The van der Waals surface area contributed by atoms with E-state index >= 15 is 0 Å². The first-order valence-corrected chi connectivity index (χ1v) is 6.59. The van der Waals surface area contributed by atoms with E-state index in [0.29, 0.717) is 0 Å². The summed E-state index contributed by atoms with van der Waals surface area (Å²) in [6, 6.07) is 0. The van der Waals surface area contributed by atoms with Crippen LogP contribution in [0.15, 0.2) is 0 Å². The Morgan fingerprint density at radius 3 is 1.29 bits per heavy atom. The summed E-state index contributed by atoms with van der Waals surface area (Å²) < 4.78 is 0. The van der Waals surface area contributed by atoms with Gasteiger partial charge in [0.05, 0.1) is 0 Å². The summed E-state index contributed by atoms with van der Waals surface area (Å²) in [5.74, 6) is 6.12. The molecule has 0 nitrogen and oxygen atoms in total. The molecule has 3 aliphatic carbocycles. The smallest absolute Gasteiger partial charge is 0.0360 e. The number of fused-ring (bicyclic) bond motifs is 3. The van der Waals surface area contributed by atoms with E-state index < -0.39 is 0 Å². The Morgan fingerprint density at radius 1 is 0.714 bits per heavy atom. The molecule has 3 aliphatic rings. The van der Waals surface area contributed by atoms with Crippen molar-refractivity contribution in [2.24, 2.45) is 35.5 Å². The van der Waals surface area contributed by atoms with Crippen LogP contribution in [-0.2, 0) is 0 Å². The molecule has 2 unspecified atom stereocenters. The van der Waals surface area contributed by atoms with Crippen molar-refractivity contribution in [2.45, 2.75) is 53.4 Å². The predicted molar refractivity (Wildman–Crippen MR) is 62.1 cm³/mol. The SMILES string of the molecule is CC(C)[C@H]1CC2CCC1C[C@@H]2C(C)C. The highest BCUT2D eigenvalue weighted by atomic mass is 14.5. The summed E-state index contributed by atoms with van der Waals surface area (Å²) in [5.41, 5.74) is 0. The number of rotatable bonds is 2. The van der Waals surface area contributed by atoms with Gasteiger partial charge in [-0.05, 0) is 61.2 Å². The molecule has 0 aromatic carbocycles. The Morgan fingerprint density at radius 2 is 1.07 bits per heavy atom. The first kappa shape index (κ1) is 10.5. The van der Waals surface area contributed by atoms with Crippen LogP contribution < -0.4 is 0 Å². The minimum absolute atomic E-state index is 0.927. The third-order valence-electron chi connectivity index (χ3n) is 4.98. The maximum Gasteiger partial charge on any atom is -0.0360 e. The fourth-order valence-electron chi connectivity index (χ4n) is 4.16. The lowest BCUT2D eigenvalue weighted by Gasteiger charge is -2.50. The largest absolute Gasteiger partial charge is 0.0625 e. The summed E-state index contributed by atoms with van der Waals surface area (Å²) in [7, 11) is 0. The van der Waals surface area contributed by atoms with Gasteiger partial charge in [-0.1, -0.05) is 27.7 Å². The molecular weight excluding hydrogens is 168 g/mol. The van der Waals surface area contributed by atoms with Crippen LogP contribution in [0.4, 0.5) is 0 Å². The Bertz CT molecular complexity index is 170. The fourth-order valence-corrected chi connectivity index (χ4v) is 4.16. The van der Waals surface area contributed by atoms with Crippen molar-refractivity contribution in [1.82, 2.24) is 0 Å². The van der Waals surface area contributed by atoms with E-state index in [4.69, 9.17) is 0 Å². The molecule has 4 atom stereocenters. The molecule has 0 heteroatoms. The van der Waals surface area contributed by atoms with E-state index in [0.717, 1.165) is 35.5 Å². The van der Waals surface area contributed by atoms with Gasteiger partial charge in [-0.15, -0.1) is 0 Å². The van der Waals surface area contributed by atoms with Crippen LogP contribution in [0.1, 0.15) is 53.4 Å². The molecule has 3 fully saturated rings. The van der Waals surface area contributed by atoms with Gasteiger partial charge in [0.15, 0.2) is 0 Å². The molecule has 82 valence electrons. The Balaban J connectivity index is 2.05. The van der Waals surface area contributed by atoms with Gasteiger partial charge in [-0.3, -0.25) is 0 Å². The lowest BCUT2D eigenvalue weighted by molar-refractivity contribution is -0.00132. The maximum atomic E-state index is 2.43. The first-order chi connectivity index (χ1) is 6.59. The summed E-state index contributed by atoms with van der Waals surface area (Å²) in [6.07, 6.45) is 6.17. The van der Waals surface area contributed by atoms with Crippen molar-refractivity contribution in [3.63, 3.8) is 0 Å². The van der Waals surface area contributed by atoms with Crippen LogP contribution in [0.5, 0.6) is 0 Å². The molecule has 0 radical (unpaired) electrons. The van der Waals surface area contributed by atoms with Crippen molar-refractivity contribution in [1.29, 1.82) is 0 Å². The number of hydrogen-bond acceptors (Lipinski definition) is 0. The molecule has 0 N–H and O–H groups in total. The average molecular weight is 194 g/mol. The first-order valence-electron chi connectivity index (χ1n) is 6.59. The van der Waals surface area contributed by atoms with Crippen molar-refractivity contribution in [2.75, 3.05) is 0 Å². The average Bonchev–Trinajstić information content (AvgIpc) is 2.18. The minimum Gasteiger partial charge on any atom is -0.0625 e. The topological polar surface area (TPSA) is 0 Å². The fraction of sp³-hybridized carbons (Fsp3) is 1.00. The van der Waals surface area contributed by atoms with E-state index in [1.807, 2.05) is 0 Å². The van der Waals surface area contributed by atoms with E-state index in [1.165, 1.54) is 12.8 Å². The monoisotopic (exact) mass is 194 g/mol. The van der Waals surface area contributed by atoms with Crippen LogP contribution in [0.2, 0.25) is 0 Å². The molecule has 0 aliphatic heterocycles. The molecule has 0 heterocycles. The van der Waals surface area contributed by atoms with Gasteiger partial charge in [0.2, 0.25) is 0 Å². The minimum atomic E-state index is 0.927. The lowest BCUT2D eigenvalue weighted by atomic mass is 9.55. The van der Waals surface area contributed by atoms with Crippen LogP contribution in [0.3, 0.4) is 0 Å².